The molecule has 1 atom stereocenters. The molecule has 1 aromatic rings. The van der Waals surface area contributed by atoms with Crippen molar-refractivity contribution in [2.45, 2.75) is 84.5 Å². The minimum Gasteiger partial charge on any atom is -0.545 e. The number of nitrogens with one attached hydrogen (secondary N) is 1. The van der Waals surface area contributed by atoms with Crippen molar-refractivity contribution in [3.05, 3.63) is 60.4 Å². The van der Waals surface area contributed by atoms with Crippen LogP contribution in [-0.2, 0) is 10.8 Å². The molecule has 0 aliphatic carbocycles. The lowest BCUT2D eigenvalue weighted by Gasteiger charge is -2.39. The van der Waals surface area contributed by atoms with Crippen LogP contribution in [-0.4, -0.2) is 20.9 Å². The molecule has 0 spiro atoms. The maximum atomic E-state index is 6.72. The number of hydrogen-bond donors (Lipinski definition) is 1. The van der Waals surface area contributed by atoms with Gasteiger partial charge >= 0.3 is 0 Å². The summed E-state index contributed by atoms with van der Waals surface area (Å²) < 4.78 is 6.72. The Balaban J connectivity index is 2.76. The van der Waals surface area contributed by atoms with Gasteiger partial charge in [-0.15, -0.1) is 6.58 Å². The van der Waals surface area contributed by atoms with Crippen LogP contribution in [0.15, 0.2) is 54.8 Å². The van der Waals surface area contributed by atoms with Crippen LogP contribution in [0.25, 0.3) is 0 Å². The molecule has 1 N–H and O–H groups in total. The summed E-state index contributed by atoms with van der Waals surface area (Å²) in [5, 5.41) is 3.85. The van der Waals surface area contributed by atoms with Crippen LogP contribution in [0.2, 0.25) is 18.1 Å². The highest BCUT2D eigenvalue weighted by Crippen LogP contribution is 2.38. The van der Waals surface area contributed by atoms with Crippen LogP contribution in [0, 0.1) is 5.92 Å². The molecule has 0 amide bonds. The number of aryl methyl sites for hydroxylation is 1. The third-order valence-corrected chi connectivity index (χ3v) is 10.0. The molecule has 0 fully saturated rings. The molecule has 0 heterocycles. The molecule has 3 heteroatoms. The van der Waals surface area contributed by atoms with Crippen molar-refractivity contribution in [2.75, 3.05) is 6.54 Å². The molecule has 0 aliphatic heterocycles. The number of rotatable bonds is 12. The molecule has 28 heavy (non-hydrogen) atoms. The third kappa shape index (κ3) is 8.79. The van der Waals surface area contributed by atoms with Gasteiger partial charge in [-0.05, 0) is 67.9 Å². The third-order valence-electron chi connectivity index (χ3n) is 5.66. The van der Waals surface area contributed by atoms with E-state index < -0.39 is 8.32 Å². The van der Waals surface area contributed by atoms with Crippen LogP contribution in [0.4, 0.5) is 0 Å². The number of allylic oxidation sites excluding steroid dienone is 1. The second-order valence-corrected chi connectivity index (χ2v) is 14.4. The average Bonchev–Trinajstić information content (AvgIpc) is 2.60. The first-order valence-electron chi connectivity index (χ1n) is 10.9. The van der Waals surface area contributed by atoms with Gasteiger partial charge in [-0.1, -0.05) is 71.0 Å². The van der Waals surface area contributed by atoms with E-state index in [9.17, 15) is 0 Å². The quantitative estimate of drug-likeness (QED) is 0.174. The smallest absolute Gasteiger partial charge is 0.250 e. The molecule has 0 saturated heterocycles. The van der Waals surface area contributed by atoms with Gasteiger partial charge in [0.25, 0.3) is 0 Å². The standard InChI is InChI=1S/C25H43NOSi/c1-9-23(26-20-14-18-22-16-11-10-12-17-22)24(19-13-15-21(2)3)27-28(7,8)25(4,5)6/h9-12,16-17,19,21,23,26H,1,13-15,18,20H2,2-8H3/b24-19-/t23-/m0/s1. The molecule has 0 radical (unpaired) electrons. The summed E-state index contributed by atoms with van der Waals surface area (Å²) in [5.41, 5.74) is 1.39. The number of benzene rings is 1. The Morgan fingerprint density at radius 2 is 1.82 bits per heavy atom. The second-order valence-electron chi connectivity index (χ2n) is 9.70. The molecule has 0 aliphatic rings. The van der Waals surface area contributed by atoms with Gasteiger partial charge in [0.1, 0.15) is 0 Å². The van der Waals surface area contributed by atoms with Crippen molar-refractivity contribution < 1.29 is 4.43 Å². The van der Waals surface area contributed by atoms with Crippen LogP contribution in [0.5, 0.6) is 0 Å². The Hall–Kier alpha value is -1.32. The van der Waals surface area contributed by atoms with E-state index in [4.69, 9.17) is 4.43 Å². The average molecular weight is 402 g/mol. The fourth-order valence-electron chi connectivity index (χ4n) is 2.73. The number of hydrogen-bond acceptors (Lipinski definition) is 2. The molecule has 158 valence electrons. The molecule has 1 rings (SSSR count). The second kappa shape index (κ2) is 11.6. The Bertz CT molecular complexity index is 599. The zero-order valence-corrected chi connectivity index (χ0v) is 20.3. The van der Waals surface area contributed by atoms with Gasteiger partial charge in [0.15, 0.2) is 0 Å². The van der Waals surface area contributed by atoms with Crippen LogP contribution < -0.4 is 5.32 Å². The van der Waals surface area contributed by atoms with Crippen molar-refractivity contribution >= 4 is 8.32 Å². The molecule has 2 nitrogen and oxygen atoms in total. The summed E-state index contributed by atoms with van der Waals surface area (Å²) in [7, 11) is -1.88. The predicted octanol–water partition coefficient (Wildman–Crippen LogP) is 7.11. The van der Waals surface area contributed by atoms with Crippen LogP contribution in [0.3, 0.4) is 0 Å². The molecule has 0 saturated carbocycles. The SMILES string of the molecule is C=C[C@H](NCCCc1ccccc1)/C(=C/CCC(C)C)O[Si](C)(C)C(C)(C)C. The van der Waals surface area contributed by atoms with E-state index in [1.165, 1.54) is 12.0 Å². The van der Waals surface area contributed by atoms with Gasteiger partial charge < -0.3 is 9.74 Å². The van der Waals surface area contributed by atoms with Crippen molar-refractivity contribution in [2.24, 2.45) is 5.92 Å². The Labute approximate surface area is 175 Å². The fourth-order valence-corrected chi connectivity index (χ4v) is 3.84. The highest BCUT2D eigenvalue weighted by Gasteiger charge is 2.40. The van der Waals surface area contributed by atoms with Crippen LogP contribution in [0.1, 0.15) is 59.4 Å². The lowest BCUT2D eigenvalue weighted by atomic mass is 10.1. The van der Waals surface area contributed by atoms with E-state index in [0.29, 0.717) is 5.92 Å². The monoisotopic (exact) mass is 401 g/mol. The van der Waals surface area contributed by atoms with E-state index in [-0.39, 0.29) is 11.1 Å². The first-order valence-corrected chi connectivity index (χ1v) is 13.8. The van der Waals surface area contributed by atoms with E-state index in [0.717, 1.165) is 31.6 Å². The normalized spacial score (nSPS) is 14.2. The minimum absolute atomic E-state index is 0.0806. The largest absolute Gasteiger partial charge is 0.545 e. The summed E-state index contributed by atoms with van der Waals surface area (Å²) >= 11 is 0. The van der Waals surface area contributed by atoms with Gasteiger partial charge in [-0.3, -0.25) is 0 Å². The van der Waals surface area contributed by atoms with Gasteiger partial charge in [0, 0.05) is 0 Å². The van der Waals surface area contributed by atoms with E-state index in [1.807, 2.05) is 6.08 Å². The summed E-state index contributed by atoms with van der Waals surface area (Å²) in [6.07, 6.45) is 8.73. The lowest BCUT2D eigenvalue weighted by Crippen LogP contribution is -2.43. The Kier molecular flexibility index (Phi) is 10.3. The lowest BCUT2D eigenvalue weighted by molar-refractivity contribution is 0.343. The van der Waals surface area contributed by atoms with E-state index >= 15 is 0 Å². The van der Waals surface area contributed by atoms with E-state index in [2.05, 4.69) is 96.0 Å². The van der Waals surface area contributed by atoms with Gasteiger partial charge in [0.2, 0.25) is 8.32 Å². The molecule has 0 aromatic heterocycles. The molecular formula is C25H43NOSi. The van der Waals surface area contributed by atoms with Gasteiger partial charge in [-0.25, -0.2) is 0 Å². The zero-order valence-electron chi connectivity index (χ0n) is 19.3. The molecular weight excluding hydrogens is 358 g/mol. The Morgan fingerprint density at radius 3 is 2.36 bits per heavy atom. The van der Waals surface area contributed by atoms with Crippen LogP contribution >= 0.6 is 0 Å². The Morgan fingerprint density at radius 1 is 1.18 bits per heavy atom. The van der Waals surface area contributed by atoms with Gasteiger partial charge in [-0.2, -0.15) is 0 Å². The highest BCUT2D eigenvalue weighted by atomic mass is 28.4. The summed E-state index contributed by atoms with van der Waals surface area (Å²) in [4.78, 5) is 0. The van der Waals surface area contributed by atoms with Crippen molar-refractivity contribution in [1.29, 1.82) is 0 Å². The maximum absolute atomic E-state index is 6.72. The van der Waals surface area contributed by atoms with E-state index in [1.54, 1.807) is 0 Å². The fraction of sp³-hybridized carbons (Fsp3) is 0.600. The maximum Gasteiger partial charge on any atom is 0.250 e. The minimum atomic E-state index is -1.88. The molecule has 0 bridgehead atoms. The summed E-state index contributed by atoms with van der Waals surface area (Å²) in [6, 6.07) is 10.8. The first-order chi connectivity index (χ1) is 13.1. The van der Waals surface area contributed by atoms with Gasteiger partial charge in [0.05, 0.1) is 11.8 Å². The van der Waals surface area contributed by atoms with Crippen molar-refractivity contribution in [1.82, 2.24) is 5.32 Å². The first kappa shape index (κ1) is 24.7. The van der Waals surface area contributed by atoms with Crippen molar-refractivity contribution in [3.8, 4) is 0 Å². The zero-order chi connectivity index (χ0) is 21.2. The summed E-state index contributed by atoms with van der Waals surface area (Å²) in [5.74, 6) is 1.77. The predicted molar refractivity (Wildman–Crippen MR) is 127 cm³/mol. The highest BCUT2D eigenvalue weighted by molar-refractivity contribution is 6.74. The molecule has 1 aromatic carbocycles. The summed E-state index contributed by atoms with van der Waals surface area (Å²) in [6.45, 7) is 21.1. The van der Waals surface area contributed by atoms with Crippen molar-refractivity contribution in [3.63, 3.8) is 0 Å². The topological polar surface area (TPSA) is 21.3 Å². The molecule has 0 unspecified atom stereocenters.